The maximum atomic E-state index is 13.6. The molecular weight excluding hydrogens is 456 g/mol. The van der Waals surface area contributed by atoms with E-state index < -0.39 is 6.04 Å². The minimum absolute atomic E-state index is 0.0679. The maximum absolute atomic E-state index is 13.6. The lowest BCUT2D eigenvalue weighted by atomic mass is 10.1. The fraction of sp³-hybridized carbons (Fsp3) is 0.464. The van der Waals surface area contributed by atoms with E-state index in [0.717, 1.165) is 12.0 Å². The van der Waals surface area contributed by atoms with Gasteiger partial charge in [-0.15, -0.1) is 0 Å². The Hall–Kier alpha value is -3.39. The molecule has 4 rings (SSSR count). The fourth-order valence-electron chi connectivity index (χ4n) is 4.94. The van der Waals surface area contributed by atoms with Crippen LogP contribution in [0.4, 0.5) is 0 Å². The second-order valence-corrected chi connectivity index (χ2v) is 9.81. The zero-order valence-electron chi connectivity index (χ0n) is 20.9. The average molecular weight is 493 g/mol. The second kappa shape index (κ2) is 12.0. The van der Waals surface area contributed by atoms with Gasteiger partial charge < -0.3 is 25.6 Å². The molecule has 192 valence electrons. The molecule has 3 amide bonds. The molecule has 8 nitrogen and oxygen atoms in total. The minimum atomic E-state index is -0.631. The molecule has 8 heteroatoms. The van der Waals surface area contributed by atoms with E-state index in [9.17, 15) is 14.4 Å². The normalized spacial score (nSPS) is 23.3. The zero-order valence-corrected chi connectivity index (χ0v) is 20.9. The Labute approximate surface area is 212 Å². The first-order valence-electron chi connectivity index (χ1n) is 12.8. The number of carbonyl (C=O) groups is 3. The maximum Gasteiger partial charge on any atom is 0.253 e. The summed E-state index contributed by atoms with van der Waals surface area (Å²) in [5, 5.41) is 2.99. The molecule has 0 spiro atoms. The lowest BCUT2D eigenvalue weighted by Gasteiger charge is -2.29. The number of nitrogens with two attached hydrogens (primary N) is 1. The van der Waals surface area contributed by atoms with Gasteiger partial charge in [-0.05, 0) is 55.9 Å². The molecular formula is C28H36N4O4. The summed E-state index contributed by atoms with van der Waals surface area (Å²) in [5.41, 5.74) is 7.89. The molecule has 36 heavy (non-hydrogen) atoms. The van der Waals surface area contributed by atoms with E-state index in [1.807, 2.05) is 36.4 Å². The number of nitrogens with one attached hydrogen (secondary N) is 1. The first kappa shape index (κ1) is 25.7. The SMILES string of the molecule is CN1CCCC[C@H](NC(=O)CCc2ccccc2)C(=O)N2C[C@@H](N)C[C@H]2COc2cccc(c2)C1=O. The van der Waals surface area contributed by atoms with Gasteiger partial charge in [0.2, 0.25) is 11.8 Å². The molecule has 2 aliphatic heterocycles. The van der Waals surface area contributed by atoms with Crippen molar-refractivity contribution in [3.8, 4) is 5.75 Å². The molecule has 3 N–H and O–H groups in total. The van der Waals surface area contributed by atoms with Crippen LogP contribution in [0.2, 0.25) is 0 Å². The number of fused-ring (bicyclic) bond motifs is 3. The van der Waals surface area contributed by atoms with Gasteiger partial charge in [0.05, 0.1) is 6.04 Å². The highest BCUT2D eigenvalue weighted by Gasteiger charge is 2.37. The summed E-state index contributed by atoms with van der Waals surface area (Å²) in [4.78, 5) is 42.8. The van der Waals surface area contributed by atoms with Crippen molar-refractivity contribution in [1.82, 2.24) is 15.1 Å². The summed E-state index contributed by atoms with van der Waals surface area (Å²) in [7, 11) is 1.78. The highest BCUT2D eigenvalue weighted by Crippen LogP contribution is 2.22. The smallest absolute Gasteiger partial charge is 0.253 e. The minimum Gasteiger partial charge on any atom is -0.491 e. The van der Waals surface area contributed by atoms with E-state index in [1.165, 1.54) is 0 Å². The molecule has 2 aliphatic rings. The number of hydrogen-bond donors (Lipinski definition) is 2. The number of hydrogen-bond acceptors (Lipinski definition) is 5. The van der Waals surface area contributed by atoms with Gasteiger partial charge in [-0.1, -0.05) is 36.4 Å². The van der Waals surface area contributed by atoms with Crippen LogP contribution >= 0.6 is 0 Å². The average Bonchev–Trinajstić information content (AvgIpc) is 3.27. The Bertz CT molecular complexity index is 1060. The van der Waals surface area contributed by atoms with Gasteiger partial charge in [-0.3, -0.25) is 14.4 Å². The van der Waals surface area contributed by atoms with Gasteiger partial charge in [0.15, 0.2) is 0 Å². The van der Waals surface area contributed by atoms with E-state index in [4.69, 9.17) is 10.5 Å². The Morgan fingerprint density at radius 1 is 1.11 bits per heavy atom. The Morgan fingerprint density at radius 2 is 1.92 bits per heavy atom. The van der Waals surface area contributed by atoms with Crippen LogP contribution in [-0.2, 0) is 16.0 Å². The van der Waals surface area contributed by atoms with Gasteiger partial charge in [-0.2, -0.15) is 0 Å². The van der Waals surface area contributed by atoms with Gasteiger partial charge in [0, 0.05) is 38.2 Å². The molecule has 0 aromatic heterocycles. The number of benzene rings is 2. The standard InChI is InChI=1S/C28H36N4O4/c1-31-15-6-5-12-25(30-26(33)14-13-20-8-3-2-4-9-20)28(35)32-18-22(29)17-23(32)19-36-24-11-7-10-21(16-24)27(31)34/h2-4,7-11,16,22-23,25H,5-6,12-15,17-19,29H2,1H3,(H,30,33)/t22-,23-,25-/m0/s1. The summed E-state index contributed by atoms with van der Waals surface area (Å²) in [6, 6.07) is 16.0. The predicted octanol–water partition coefficient (Wildman–Crippen LogP) is 2.37. The number of aryl methyl sites for hydroxylation is 1. The number of ether oxygens (including phenoxy) is 1. The van der Waals surface area contributed by atoms with Crippen molar-refractivity contribution in [1.29, 1.82) is 0 Å². The molecule has 0 saturated carbocycles. The summed E-state index contributed by atoms with van der Waals surface area (Å²) in [6.07, 6.45) is 3.49. The largest absolute Gasteiger partial charge is 0.491 e. The van der Waals surface area contributed by atoms with Crippen LogP contribution in [0.15, 0.2) is 54.6 Å². The first-order chi connectivity index (χ1) is 17.4. The molecule has 2 aromatic carbocycles. The molecule has 0 radical (unpaired) electrons. The van der Waals surface area contributed by atoms with E-state index in [2.05, 4.69) is 5.32 Å². The van der Waals surface area contributed by atoms with E-state index >= 15 is 0 Å². The van der Waals surface area contributed by atoms with Gasteiger partial charge in [0.25, 0.3) is 5.91 Å². The molecule has 2 aromatic rings. The van der Waals surface area contributed by atoms with Gasteiger partial charge in [0.1, 0.15) is 18.4 Å². The third kappa shape index (κ3) is 6.63. The van der Waals surface area contributed by atoms with Crippen molar-refractivity contribution in [2.45, 2.75) is 56.7 Å². The van der Waals surface area contributed by atoms with E-state index in [1.54, 1.807) is 35.0 Å². The zero-order chi connectivity index (χ0) is 25.5. The van der Waals surface area contributed by atoms with Gasteiger partial charge in [-0.25, -0.2) is 0 Å². The topological polar surface area (TPSA) is 105 Å². The lowest BCUT2D eigenvalue weighted by molar-refractivity contribution is -0.137. The summed E-state index contributed by atoms with van der Waals surface area (Å²) < 4.78 is 6.01. The summed E-state index contributed by atoms with van der Waals surface area (Å²) in [6.45, 7) is 1.27. The van der Waals surface area contributed by atoms with Gasteiger partial charge >= 0.3 is 0 Å². The molecule has 2 heterocycles. The summed E-state index contributed by atoms with van der Waals surface area (Å²) in [5.74, 6) is 0.261. The number of nitrogens with zero attached hydrogens (tertiary/aromatic N) is 2. The molecule has 1 saturated heterocycles. The number of carbonyl (C=O) groups excluding carboxylic acids is 3. The van der Waals surface area contributed by atoms with E-state index in [-0.39, 0.29) is 36.4 Å². The highest BCUT2D eigenvalue weighted by atomic mass is 16.5. The van der Waals surface area contributed by atoms with Crippen molar-refractivity contribution in [3.63, 3.8) is 0 Å². The monoisotopic (exact) mass is 492 g/mol. The van der Waals surface area contributed by atoms with Crippen LogP contribution in [0.1, 0.15) is 48.0 Å². The Balaban J connectivity index is 1.49. The van der Waals surface area contributed by atoms with Crippen molar-refractivity contribution >= 4 is 17.7 Å². The number of rotatable bonds is 4. The van der Waals surface area contributed by atoms with Crippen LogP contribution < -0.4 is 15.8 Å². The second-order valence-electron chi connectivity index (χ2n) is 9.81. The molecule has 2 bridgehead atoms. The Kier molecular flexibility index (Phi) is 8.59. The van der Waals surface area contributed by atoms with Crippen LogP contribution in [0, 0.1) is 0 Å². The third-order valence-corrected chi connectivity index (χ3v) is 6.95. The van der Waals surface area contributed by atoms with Crippen LogP contribution in [0.5, 0.6) is 5.75 Å². The van der Waals surface area contributed by atoms with Crippen molar-refractivity contribution in [3.05, 3.63) is 65.7 Å². The van der Waals surface area contributed by atoms with Crippen LogP contribution in [-0.4, -0.2) is 72.4 Å². The molecule has 3 atom stereocenters. The van der Waals surface area contributed by atoms with Crippen molar-refractivity contribution in [2.24, 2.45) is 5.73 Å². The quantitative estimate of drug-likeness (QED) is 0.682. The van der Waals surface area contributed by atoms with E-state index in [0.29, 0.717) is 56.5 Å². The summed E-state index contributed by atoms with van der Waals surface area (Å²) >= 11 is 0. The van der Waals surface area contributed by atoms with Crippen LogP contribution in [0.25, 0.3) is 0 Å². The van der Waals surface area contributed by atoms with Crippen molar-refractivity contribution < 1.29 is 19.1 Å². The number of amides is 3. The lowest BCUT2D eigenvalue weighted by Crippen LogP contribution is -2.51. The fourth-order valence-corrected chi connectivity index (χ4v) is 4.94. The molecule has 1 fully saturated rings. The predicted molar refractivity (Wildman–Crippen MR) is 138 cm³/mol. The Morgan fingerprint density at radius 3 is 2.72 bits per heavy atom. The third-order valence-electron chi connectivity index (χ3n) is 6.95. The highest BCUT2D eigenvalue weighted by molar-refractivity contribution is 5.94. The van der Waals surface area contributed by atoms with Crippen molar-refractivity contribution in [2.75, 3.05) is 26.7 Å². The molecule has 0 aliphatic carbocycles. The first-order valence-corrected chi connectivity index (χ1v) is 12.8. The van der Waals surface area contributed by atoms with Crippen LogP contribution in [0.3, 0.4) is 0 Å². The molecule has 0 unspecified atom stereocenters.